The van der Waals surface area contributed by atoms with Gasteiger partial charge in [-0.1, -0.05) is 82.4 Å². The van der Waals surface area contributed by atoms with Crippen LogP contribution in [0.5, 0.6) is 0 Å². The van der Waals surface area contributed by atoms with Gasteiger partial charge in [0.1, 0.15) is 5.83 Å². The number of aryl methyl sites for hydroxylation is 1. The number of amides is 1. The van der Waals surface area contributed by atoms with Gasteiger partial charge in [-0.3, -0.25) is 14.4 Å². The minimum Gasteiger partial charge on any atom is -0.481 e. The summed E-state index contributed by atoms with van der Waals surface area (Å²) in [5, 5.41) is 27.1. The van der Waals surface area contributed by atoms with Crippen molar-refractivity contribution in [3.63, 3.8) is 0 Å². The molecular formula is C35H48FNO6. The Balaban J connectivity index is 0.00000123. The lowest BCUT2D eigenvalue weighted by atomic mass is 10.0. The number of aliphatic hydroxyl groups is 1. The van der Waals surface area contributed by atoms with Gasteiger partial charge in [-0.2, -0.15) is 0 Å². The van der Waals surface area contributed by atoms with Crippen LogP contribution in [-0.4, -0.2) is 45.8 Å². The van der Waals surface area contributed by atoms with Crippen molar-refractivity contribution >= 4 is 23.5 Å². The summed E-state index contributed by atoms with van der Waals surface area (Å²) in [5.41, 5.74) is 3.75. The SMILES string of the molecule is C=C/C(F)=C\C=C(/C)C(O)CC.C=C/C=C(\C=C/CCCCC(C(=O)O)C(=O)O)CN(C(C)=O)c1ccc(CCC)cc1. The predicted octanol–water partition coefficient (Wildman–Crippen LogP) is 7.75. The highest BCUT2D eigenvalue weighted by atomic mass is 19.1. The van der Waals surface area contributed by atoms with Gasteiger partial charge in [0.2, 0.25) is 5.91 Å². The van der Waals surface area contributed by atoms with Crippen LogP contribution in [0.15, 0.2) is 96.9 Å². The maximum Gasteiger partial charge on any atom is 0.317 e. The van der Waals surface area contributed by atoms with E-state index in [1.54, 1.807) is 24.0 Å². The topological polar surface area (TPSA) is 115 Å². The van der Waals surface area contributed by atoms with E-state index >= 15 is 0 Å². The molecule has 0 heterocycles. The number of carboxylic acids is 2. The lowest BCUT2D eigenvalue weighted by Gasteiger charge is -2.22. The molecule has 0 aromatic heterocycles. The summed E-state index contributed by atoms with van der Waals surface area (Å²) in [7, 11) is 0. The minimum atomic E-state index is -1.35. The zero-order valence-electron chi connectivity index (χ0n) is 26.0. The third-order valence-corrected chi connectivity index (χ3v) is 6.49. The van der Waals surface area contributed by atoms with Gasteiger partial charge in [0, 0.05) is 12.6 Å². The molecule has 1 amide bonds. The molecule has 0 spiro atoms. The quantitative estimate of drug-likeness (QED) is 0.0905. The Hall–Kier alpha value is -4.04. The van der Waals surface area contributed by atoms with Crippen molar-refractivity contribution in [2.75, 3.05) is 11.4 Å². The Bertz CT molecular complexity index is 1150. The van der Waals surface area contributed by atoms with Crippen LogP contribution in [0.2, 0.25) is 0 Å². The Morgan fingerprint density at radius 1 is 0.977 bits per heavy atom. The summed E-state index contributed by atoms with van der Waals surface area (Å²) in [5.74, 6) is -4.40. The van der Waals surface area contributed by atoms with Gasteiger partial charge < -0.3 is 20.2 Å². The number of aliphatic carboxylic acids is 2. The maximum absolute atomic E-state index is 12.5. The van der Waals surface area contributed by atoms with E-state index in [2.05, 4.69) is 20.1 Å². The van der Waals surface area contributed by atoms with Gasteiger partial charge in [0.25, 0.3) is 0 Å². The first kappa shape index (κ1) is 39.0. The van der Waals surface area contributed by atoms with E-state index in [-0.39, 0.29) is 12.3 Å². The highest BCUT2D eigenvalue weighted by Gasteiger charge is 2.24. The van der Waals surface area contributed by atoms with Crippen molar-refractivity contribution in [1.29, 1.82) is 0 Å². The van der Waals surface area contributed by atoms with Crippen molar-refractivity contribution in [1.82, 2.24) is 0 Å². The largest absolute Gasteiger partial charge is 0.481 e. The number of carbonyl (C=O) groups is 3. The number of carbonyl (C=O) groups excluding carboxylic acids is 1. The third-order valence-electron chi connectivity index (χ3n) is 6.49. The van der Waals surface area contributed by atoms with Crippen molar-refractivity contribution < 1.29 is 34.1 Å². The molecule has 1 unspecified atom stereocenters. The molecule has 236 valence electrons. The average Bonchev–Trinajstić information content (AvgIpc) is 2.97. The molecule has 3 N–H and O–H groups in total. The number of aliphatic hydroxyl groups excluding tert-OH is 1. The summed E-state index contributed by atoms with van der Waals surface area (Å²) in [6.45, 7) is 14.7. The normalized spacial score (nSPS) is 12.9. The van der Waals surface area contributed by atoms with Crippen LogP contribution in [0.25, 0.3) is 0 Å². The lowest BCUT2D eigenvalue weighted by Crippen LogP contribution is -2.30. The highest BCUT2D eigenvalue weighted by Crippen LogP contribution is 2.19. The molecular weight excluding hydrogens is 549 g/mol. The Morgan fingerprint density at radius 3 is 2.09 bits per heavy atom. The van der Waals surface area contributed by atoms with Crippen molar-refractivity contribution in [3.8, 4) is 0 Å². The number of benzene rings is 1. The molecule has 1 aromatic rings. The van der Waals surface area contributed by atoms with Crippen LogP contribution in [0.1, 0.15) is 71.8 Å². The van der Waals surface area contributed by atoms with E-state index in [0.717, 1.165) is 35.8 Å². The van der Waals surface area contributed by atoms with E-state index in [0.29, 0.717) is 32.2 Å². The first-order valence-electron chi connectivity index (χ1n) is 14.6. The van der Waals surface area contributed by atoms with Crippen LogP contribution in [0.4, 0.5) is 10.1 Å². The van der Waals surface area contributed by atoms with E-state index in [4.69, 9.17) is 10.2 Å². The number of hydrogen-bond acceptors (Lipinski definition) is 4. The molecule has 0 radical (unpaired) electrons. The lowest BCUT2D eigenvalue weighted by molar-refractivity contribution is -0.154. The molecule has 0 saturated carbocycles. The number of nitrogens with zero attached hydrogens (tertiary/aromatic N) is 1. The first-order chi connectivity index (χ1) is 20.4. The number of rotatable bonds is 18. The second kappa shape index (κ2) is 22.5. The second-order valence-corrected chi connectivity index (χ2v) is 10.0. The average molecular weight is 598 g/mol. The van der Waals surface area contributed by atoms with Crippen LogP contribution in [0, 0.1) is 5.92 Å². The summed E-state index contributed by atoms with van der Waals surface area (Å²) in [6.07, 6.45) is 15.6. The van der Waals surface area contributed by atoms with Crippen molar-refractivity contribution in [2.45, 2.75) is 78.7 Å². The second-order valence-electron chi connectivity index (χ2n) is 10.0. The number of unbranched alkanes of at least 4 members (excludes halogenated alkanes) is 2. The first-order valence-corrected chi connectivity index (χ1v) is 14.6. The van der Waals surface area contributed by atoms with Crippen LogP contribution in [-0.2, 0) is 20.8 Å². The molecule has 0 aliphatic rings. The molecule has 8 heteroatoms. The van der Waals surface area contributed by atoms with E-state index < -0.39 is 29.8 Å². The smallest absolute Gasteiger partial charge is 0.317 e. The molecule has 0 saturated heterocycles. The molecule has 0 bridgehead atoms. The van der Waals surface area contributed by atoms with Crippen molar-refractivity contribution in [2.24, 2.45) is 5.92 Å². The number of halogens is 1. The fourth-order valence-corrected chi connectivity index (χ4v) is 3.92. The third kappa shape index (κ3) is 16.9. The summed E-state index contributed by atoms with van der Waals surface area (Å²) in [6, 6.07) is 8.01. The van der Waals surface area contributed by atoms with Crippen LogP contribution < -0.4 is 4.90 Å². The van der Waals surface area contributed by atoms with Gasteiger partial charge in [-0.05, 0) is 80.0 Å². The summed E-state index contributed by atoms with van der Waals surface area (Å²) in [4.78, 5) is 35.8. The van der Waals surface area contributed by atoms with E-state index in [9.17, 15) is 23.9 Å². The molecule has 0 aliphatic heterocycles. The Kier molecular flexibility index (Phi) is 20.4. The van der Waals surface area contributed by atoms with Crippen LogP contribution >= 0.6 is 0 Å². The van der Waals surface area contributed by atoms with Crippen LogP contribution in [0.3, 0.4) is 0 Å². The number of anilines is 1. The summed E-state index contributed by atoms with van der Waals surface area (Å²) < 4.78 is 12.5. The molecule has 7 nitrogen and oxygen atoms in total. The summed E-state index contributed by atoms with van der Waals surface area (Å²) >= 11 is 0. The standard InChI is InChI=1S/C25H33NO5.C10H15FO/c1-4-10-20-14-16-22(17-15-20)26(19(3)27)18-21(11-5-2)12-8-6-7-9-13-23(24(28)29)25(30)31;1-4-9(11)7-6-8(3)10(12)5-2/h5,8,11-12,14-17,23H,2,4,6-7,9-10,13,18H2,1,3H3,(H,28,29)(H,30,31);4,6-7,10,12H,1,5H2,2-3H3/b12-8-,21-11+;8-6+,9-7+. The number of carboxylic acid groups (broad SMARTS) is 2. The zero-order chi connectivity index (χ0) is 32.8. The molecule has 0 aliphatic carbocycles. The highest BCUT2D eigenvalue weighted by molar-refractivity contribution is 5.93. The number of allylic oxidation sites excluding steroid dienone is 7. The monoisotopic (exact) mass is 597 g/mol. The molecule has 0 fully saturated rings. The fraction of sp³-hybridized carbons (Fsp3) is 0.400. The molecule has 1 rings (SSSR count). The van der Waals surface area contributed by atoms with Gasteiger partial charge >= 0.3 is 11.9 Å². The Labute approximate surface area is 256 Å². The van der Waals surface area contributed by atoms with Crippen molar-refractivity contribution in [3.05, 3.63) is 102 Å². The van der Waals surface area contributed by atoms with Gasteiger partial charge in [-0.15, -0.1) is 0 Å². The zero-order valence-corrected chi connectivity index (χ0v) is 26.0. The van der Waals surface area contributed by atoms with E-state index in [1.165, 1.54) is 18.6 Å². The maximum atomic E-state index is 12.5. The molecule has 1 aromatic carbocycles. The Morgan fingerprint density at radius 2 is 1.60 bits per heavy atom. The predicted molar refractivity (Wildman–Crippen MR) is 173 cm³/mol. The minimum absolute atomic E-state index is 0.0556. The molecule has 43 heavy (non-hydrogen) atoms. The number of hydrogen-bond donors (Lipinski definition) is 3. The van der Waals surface area contributed by atoms with Gasteiger partial charge in [-0.25, -0.2) is 4.39 Å². The van der Waals surface area contributed by atoms with Gasteiger partial charge in [0.05, 0.1) is 12.6 Å². The van der Waals surface area contributed by atoms with Gasteiger partial charge in [0.15, 0.2) is 5.92 Å². The fourth-order valence-electron chi connectivity index (χ4n) is 3.92. The molecule has 1 atom stereocenters. The van der Waals surface area contributed by atoms with E-state index in [1.807, 2.05) is 49.4 Å².